The molecule has 8 heteroatoms. The van der Waals surface area contributed by atoms with Gasteiger partial charge in [-0.05, 0) is 31.9 Å². The minimum Gasteiger partial charge on any atom is -0.355 e. The predicted molar refractivity (Wildman–Crippen MR) is 81.8 cm³/mol. The molecule has 0 radical (unpaired) electrons. The van der Waals surface area contributed by atoms with Gasteiger partial charge in [0.1, 0.15) is 4.21 Å². The molecule has 1 aliphatic carbocycles. The van der Waals surface area contributed by atoms with E-state index in [1.807, 2.05) is 6.92 Å². The van der Waals surface area contributed by atoms with Crippen molar-refractivity contribution in [1.82, 2.24) is 15.4 Å². The molecule has 0 aromatic carbocycles. The lowest BCUT2D eigenvalue weighted by Gasteiger charge is -2.11. The normalized spacial score (nSPS) is 16.2. The second kappa shape index (κ2) is 6.55. The van der Waals surface area contributed by atoms with Crippen molar-refractivity contribution in [2.45, 2.75) is 30.0 Å². The Kier molecular flexibility index (Phi) is 5.00. The van der Waals surface area contributed by atoms with E-state index in [0.717, 1.165) is 10.8 Å². The lowest BCUT2D eigenvalue weighted by Crippen LogP contribution is -2.42. The molecule has 0 bridgehead atoms. The molecular weight excluding hydrogens is 296 g/mol. The fraction of sp³-hybridized carbons (Fsp3) is 0.583. The zero-order chi connectivity index (χ0) is 14.6. The second-order valence-electron chi connectivity index (χ2n) is 4.68. The number of aryl methyl sites for hydroxylation is 1. The first-order valence-electron chi connectivity index (χ1n) is 6.54. The van der Waals surface area contributed by atoms with Crippen LogP contribution in [0.3, 0.4) is 0 Å². The molecule has 1 aromatic rings. The van der Waals surface area contributed by atoms with Crippen molar-refractivity contribution in [3.8, 4) is 0 Å². The SMILES string of the molecule is CN=C(NCCNS(=O)(=O)c1ccc(C)s1)NC1CC1. The maximum atomic E-state index is 12.0. The summed E-state index contributed by atoms with van der Waals surface area (Å²) in [6.45, 7) is 2.71. The average molecular weight is 316 g/mol. The number of guanidine groups is 1. The summed E-state index contributed by atoms with van der Waals surface area (Å²) in [6.07, 6.45) is 2.34. The average Bonchev–Trinajstić information content (AvgIpc) is 3.11. The fourth-order valence-electron chi connectivity index (χ4n) is 1.61. The van der Waals surface area contributed by atoms with E-state index in [0.29, 0.717) is 23.3 Å². The van der Waals surface area contributed by atoms with Crippen molar-refractivity contribution in [2.24, 2.45) is 4.99 Å². The van der Waals surface area contributed by atoms with Crippen LogP contribution in [-0.4, -0.2) is 40.6 Å². The summed E-state index contributed by atoms with van der Waals surface area (Å²) in [5, 5.41) is 6.32. The van der Waals surface area contributed by atoms with Gasteiger partial charge in [-0.3, -0.25) is 4.99 Å². The van der Waals surface area contributed by atoms with Crippen LogP contribution in [0.1, 0.15) is 17.7 Å². The van der Waals surface area contributed by atoms with Crippen molar-refractivity contribution in [3.05, 3.63) is 17.0 Å². The first-order valence-corrected chi connectivity index (χ1v) is 8.84. The summed E-state index contributed by atoms with van der Waals surface area (Å²) in [5.41, 5.74) is 0. The molecule has 1 fully saturated rings. The molecule has 1 aromatic heterocycles. The number of hydrogen-bond donors (Lipinski definition) is 3. The molecule has 1 aliphatic rings. The second-order valence-corrected chi connectivity index (χ2v) is 7.96. The predicted octanol–water partition coefficient (Wildman–Crippen LogP) is 0.662. The van der Waals surface area contributed by atoms with Crippen LogP contribution in [0.4, 0.5) is 0 Å². The van der Waals surface area contributed by atoms with E-state index in [1.165, 1.54) is 24.2 Å². The number of aliphatic imine (C=N–C) groups is 1. The Morgan fingerprint density at radius 1 is 1.40 bits per heavy atom. The van der Waals surface area contributed by atoms with Crippen LogP contribution < -0.4 is 15.4 Å². The molecule has 1 saturated carbocycles. The smallest absolute Gasteiger partial charge is 0.250 e. The standard InChI is InChI=1S/C12H20N4O2S2/c1-9-3-6-11(19-9)20(17,18)15-8-7-14-12(13-2)16-10-4-5-10/h3,6,10,15H,4-5,7-8H2,1-2H3,(H2,13,14,16). The number of thiophene rings is 1. The topological polar surface area (TPSA) is 82.6 Å². The molecule has 0 saturated heterocycles. The van der Waals surface area contributed by atoms with E-state index in [1.54, 1.807) is 19.2 Å². The maximum Gasteiger partial charge on any atom is 0.250 e. The monoisotopic (exact) mass is 316 g/mol. The van der Waals surface area contributed by atoms with E-state index < -0.39 is 10.0 Å². The highest BCUT2D eigenvalue weighted by atomic mass is 32.2. The van der Waals surface area contributed by atoms with Crippen molar-refractivity contribution in [1.29, 1.82) is 0 Å². The molecule has 112 valence electrons. The number of sulfonamides is 1. The van der Waals surface area contributed by atoms with E-state index in [4.69, 9.17) is 0 Å². The van der Waals surface area contributed by atoms with Gasteiger partial charge in [0.15, 0.2) is 5.96 Å². The highest BCUT2D eigenvalue weighted by molar-refractivity contribution is 7.91. The van der Waals surface area contributed by atoms with Gasteiger partial charge in [-0.25, -0.2) is 13.1 Å². The minimum atomic E-state index is -3.39. The lowest BCUT2D eigenvalue weighted by atomic mass is 10.5. The van der Waals surface area contributed by atoms with Gasteiger partial charge in [0.05, 0.1) is 0 Å². The van der Waals surface area contributed by atoms with Crippen LogP contribution in [0.25, 0.3) is 0 Å². The number of hydrogen-bond acceptors (Lipinski definition) is 4. The highest BCUT2D eigenvalue weighted by Crippen LogP contribution is 2.20. The quantitative estimate of drug-likeness (QED) is 0.409. The van der Waals surface area contributed by atoms with Gasteiger partial charge in [-0.2, -0.15) is 0 Å². The molecule has 0 amide bonds. The summed E-state index contributed by atoms with van der Waals surface area (Å²) >= 11 is 1.27. The summed E-state index contributed by atoms with van der Waals surface area (Å²) < 4.78 is 26.9. The third-order valence-electron chi connectivity index (χ3n) is 2.83. The zero-order valence-corrected chi connectivity index (χ0v) is 13.3. The zero-order valence-electron chi connectivity index (χ0n) is 11.6. The van der Waals surface area contributed by atoms with E-state index in [9.17, 15) is 8.42 Å². The first-order chi connectivity index (χ1) is 9.51. The highest BCUT2D eigenvalue weighted by Gasteiger charge is 2.22. The molecular formula is C12H20N4O2S2. The Morgan fingerprint density at radius 3 is 2.70 bits per heavy atom. The minimum absolute atomic E-state index is 0.324. The largest absolute Gasteiger partial charge is 0.355 e. The first kappa shape index (κ1) is 15.3. The van der Waals surface area contributed by atoms with Gasteiger partial charge >= 0.3 is 0 Å². The molecule has 0 aliphatic heterocycles. The van der Waals surface area contributed by atoms with Crippen molar-refractivity contribution in [3.63, 3.8) is 0 Å². The van der Waals surface area contributed by atoms with E-state index >= 15 is 0 Å². The molecule has 0 unspecified atom stereocenters. The van der Waals surface area contributed by atoms with Crippen LogP contribution in [0.5, 0.6) is 0 Å². The maximum absolute atomic E-state index is 12.0. The Morgan fingerprint density at radius 2 is 2.15 bits per heavy atom. The van der Waals surface area contributed by atoms with Crippen LogP contribution in [0.2, 0.25) is 0 Å². The number of nitrogens with zero attached hydrogens (tertiary/aromatic N) is 1. The van der Waals surface area contributed by atoms with Gasteiger partial charge in [-0.1, -0.05) is 0 Å². The van der Waals surface area contributed by atoms with Crippen LogP contribution in [-0.2, 0) is 10.0 Å². The summed E-state index contributed by atoms with van der Waals surface area (Å²) in [7, 11) is -1.68. The van der Waals surface area contributed by atoms with Crippen molar-refractivity contribution >= 4 is 27.3 Å². The Labute approximate surface area is 123 Å². The third kappa shape index (κ3) is 4.46. The molecule has 0 atom stereocenters. The lowest BCUT2D eigenvalue weighted by molar-refractivity contribution is 0.582. The Bertz CT molecular complexity index is 576. The van der Waals surface area contributed by atoms with E-state index in [2.05, 4.69) is 20.3 Å². The van der Waals surface area contributed by atoms with Crippen LogP contribution in [0.15, 0.2) is 21.3 Å². The molecule has 1 heterocycles. The van der Waals surface area contributed by atoms with Crippen molar-refractivity contribution < 1.29 is 8.42 Å². The summed E-state index contributed by atoms with van der Waals surface area (Å²) in [5.74, 6) is 0.721. The van der Waals surface area contributed by atoms with Crippen LogP contribution in [0, 0.1) is 6.92 Å². The fourth-order valence-corrected chi connectivity index (χ4v) is 3.97. The van der Waals surface area contributed by atoms with Crippen molar-refractivity contribution in [2.75, 3.05) is 20.1 Å². The molecule has 2 rings (SSSR count). The van der Waals surface area contributed by atoms with Gasteiger partial charge in [0.25, 0.3) is 0 Å². The third-order valence-corrected chi connectivity index (χ3v) is 5.79. The Hall–Kier alpha value is -1.12. The van der Waals surface area contributed by atoms with Crippen LogP contribution >= 0.6 is 11.3 Å². The number of nitrogens with one attached hydrogen (secondary N) is 3. The molecule has 6 nitrogen and oxygen atoms in total. The van der Waals surface area contributed by atoms with Gasteiger partial charge < -0.3 is 10.6 Å². The summed E-state index contributed by atoms with van der Waals surface area (Å²) in [4.78, 5) is 5.07. The molecule has 3 N–H and O–H groups in total. The van der Waals surface area contributed by atoms with Gasteiger partial charge in [-0.15, -0.1) is 11.3 Å². The van der Waals surface area contributed by atoms with Gasteiger partial charge in [0.2, 0.25) is 10.0 Å². The molecule has 0 spiro atoms. The molecule has 20 heavy (non-hydrogen) atoms. The van der Waals surface area contributed by atoms with Gasteiger partial charge in [0, 0.05) is 31.1 Å². The summed E-state index contributed by atoms with van der Waals surface area (Å²) in [6, 6.07) is 3.95. The number of rotatable bonds is 6. The van der Waals surface area contributed by atoms with E-state index in [-0.39, 0.29) is 0 Å². The Balaban J connectivity index is 1.74.